The lowest BCUT2D eigenvalue weighted by molar-refractivity contribution is -0.0356. The second-order valence-electron chi connectivity index (χ2n) is 7.00. The molecule has 3 atom stereocenters. The Morgan fingerprint density at radius 2 is 1.67 bits per heavy atom. The molecule has 2 heterocycles. The zero-order valence-corrected chi connectivity index (χ0v) is 11.4. The Bertz CT molecular complexity index is 276. The minimum absolute atomic E-state index is 0.00852. The van der Waals surface area contributed by atoms with E-state index in [9.17, 15) is 5.11 Å². The topological polar surface area (TPSA) is 58.3 Å². The number of piperidine rings is 1. The summed E-state index contributed by atoms with van der Waals surface area (Å²) in [6.45, 7) is 0. The highest BCUT2D eigenvalue weighted by atomic mass is 16.3. The summed E-state index contributed by atoms with van der Waals surface area (Å²) in [5.74, 6) is 0.769. The van der Waals surface area contributed by atoms with Crippen molar-refractivity contribution >= 4 is 0 Å². The van der Waals surface area contributed by atoms with Crippen molar-refractivity contribution in [1.29, 1.82) is 0 Å². The van der Waals surface area contributed by atoms with Crippen molar-refractivity contribution in [1.82, 2.24) is 5.32 Å². The third-order valence-corrected chi connectivity index (χ3v) is 5.54. The first-order chi connectivity index (χ1) is 8.66. The summed E-state index contributed by atoms with van der Waals surface area (Å²) in [4.78, 5) is 0. The van der Waals surface area contributed by atoms with Crippen LogP contribution in [0, 0.1) is 5.92 Å². The Hall–Kier alpha value is -0.120. The molecule has 2 saturated heterocycles. The van der Waals surface area contributed by atoms with Crippen LogP contribution in [-0.2, 0) is 0 Å². The van der Waals surface area contributed by atoms with E-state index in [-0.39, 0.29) is 6.04 Å². The molecule has 0 aromatic rings. The normalized spacial score (nSPS) is 43.0. The first-order valence-corrected chi connectivity index (χ1v) is 7.90. The van der Waals surface area contributed by atoms with Crippen LogP contribution in [0.1, 0.15) is 64.2 Å². The van der Waals surface area contributed by atoms with Crippen LogP contribution in [0.15, 0.2) is 0 Å². The van der Waals surface area contributed by atoms with E-state index in [1.165, 1.54) is 44.9 Å². The van der Waals surface area contributed by atoms with Gasteiger partial charge in [-0.15, -0.1) is 0 Å². The summed E-state index contributed by atoms with van der Waals surface area (Å²) < 4.78 is 0. The monoisotopic (exact) mass is 252 g/mol. The van der Waals surface area contributed by atoms with Crippen LogP contribution in [0.4, 0.5) is 0 Å². The molecule has 1 aliphatic carbocycles. The maximum atomic E-state index is 10.9. The second kappa shape index (κ2) is 5.10. The van der Waals surface area contributed by atoms with E-state index in [4.69, 9.17) is 5.73 Å². The summed E-state index contributed by atoms with van der Waals surface area (Å²) in [7, 11) is 0. The van der Waals surface area contributed by atoms with Crippen molar-refractivity contribution in [2.24, 2.45) is 11.7 Å². The number of hydrogen-bond donors (Lipinski definition) is 3. The van der Waals surface area contributed by atoms with Crippen molar-refractivity contribution in [2.45, 2.75) is 87.9 Å². The lowest BCUT2D eigenvalue weighted by Crippen LogP contribution is -2.58. The number of nitrogens with one attached hydrogen (secondary N) is 1. The lowest BCUT2D eigenvalue weighted by atomic mass is 9.75. The van der Waals surface area contributed by atoms with E-state index in [0.717, 1.165) is 25.2 Å². The van der Waals surface area contributed by atoms with Crippen molar-refractivity contribution in [3.05, 3.63) is 0 Å². The first kappa shape index (κ1) is 12.9. The van der Waals surface area contributed by atoms with Crippen LogP contribution in [-0.4, -0.2) is 28.8 Å². The molecule has 3 aliphatic rings. The highest BCUT2D eigenvalue weighted by molar-refractivity contribution is 5.04. The highest BCUT2D eigenvalue weighted by Crippen LogP contribution is 2.38. The van der Waals surface area contributed by atoms with Crippen molar-refractivity contribution < 1.29 is 5.11 Å². The molecule has 4 N–H and O–H groups in total. The standard InChI is InChI=1S/C15H28N2O/c16-14(8-11-4-2-1-3-5-11)15(18)9-12-6-7-13(10-15)17-12/h11-14,17-18H,1-10,16H2. The van der Waals surface area contributed by atoms with Crippen molar-refractivity contribution in [2.75, 3.05) is 0 Å². The summed E-state index contributed by atoms with van der Waals surface area (Å²) >= 11 is 0. The fourth-order valence-corrected chi connectivity index (χ4v) is 4.47. The second-order valence-corrected chi connectivity index (χ2v) is 7.00. The van der Waals surface area contributed by atoms with Crippen molar-refractivity contribution in [3.63, 3.8) is 0 Å². The first-order valence-electron chi connectivity index (χ1n) is 7.90. The van der Waals surface area contributed by atoms with E-state index in [1.807, 2.05) is 0 Å². The van der Waals surface area contributed by atoms with Gasteiger partial charge in [-0.1, -0.05) is 32.1 Å². The minimum atomic E-state index is -0.589. The molecular formula is C15H28N2O. The van der Waals surface area contributed by atoms with Gasteiger partial charge in [0.1, 0.15) is 0 Å². The number of aliphatic hydroxyl groups is 1. The average molecular weight is 252 g/mol. The van der Waals surface area contributed by atoms with E-state index >= 15 is 0 Å². The van der Waals surface area contributed by atoms with Gasteiger partial charge < -0.3 is 16.2 Å². The Labute approximate surface area is 111 Å². The van der Waals surface area contributed by atoms with Gasteiger partial charge in [-0.3, -0.25) is 0 Å². The molecular weight excluding hydrogens is 224 g/mol. The third-order valence-electron chi connectivity index (χ3n) is 5.54. The van der Waals surface area contributed by atoms with Gasteiger partial charge >= 0.3 is 0 Å². The molecule has 1 saturated carbocycles. The van der Waals surface area contributed by atoms with Crippen LogP contribution in [0.3, 0.4) is 0 Å². The molecule has 104 valence electrons. The quantitative estimate of drug-likeness (QED) is 0.719. The summed E-state index contributed by atoms with van der Waals surface area (Å²) in [5, 5.41) is 14.5. The van der Waals surface area contributed by atoms with Crippen LogP contribution >= 0.6 is 0 Å². The lowest BCUT2D eigenvalue weighted by Gasteiger charge is -2.42. The van der Waals surface area contributed by atoms with Gasteiger partial charge in [0.05, 0.1) is 5.60 Å². The largest absolute Gasteiger partial charge is 0.388 e. The zero-order chi connectivity index (χ0) is 12.6. The Morgan fingerprint density at radius 3 is 2.28 bits per heavy atom. The van der Waals surface area contributed by atoms with Gasteiger partial charge in [-0.2, -0.15) is 0 Å². The number of nitrogens with two attached hydrogens (primary N) is 1. The average Bonchev–Trinajstić information content (AvgIpc) is 2.70. The Morgan fingerprint density at radius 1 is 1.06 bits per heavy atom. The highest BCUT2D eigenvalue weighted by Gasteiger charge is 2.46. The fourth-order valence-electron chi connectivity index (χ4n) is 4.47. The van der Waals surface area contributed by atoms with Gasteiger partial charge in [0.25, 0.3) is 0 Å². The van der Waals surface area contributed by atoms with Gasteiger partial charge in [-0.25, -0.2) is 0 Å². The maximum absolute atomic E-state index is 10.9. The van der Waals surface area contributed by atoms with E-state index < -0.39 is 5.60 Å². The Balaban J connectivity index is 1.58. The summed E-state index contributed by atoms with van der Waals surface area (Å²) in [6.07, 6.45) is 12.0. The molecule has 3 nitrogen and oxygen atoms in total. The van der Waals surface area contributed by atoms with E-state index in [2.05, 4.69) is 5.32 Å². The maximum Gasteiger partial charge on any atom is 0.0827 e. The van der Waals surface area contributed by atoms with Crippen molar-refractivity contribution in [3.8, 4) is 0 Å². The van der Waals surface area contributed by atoms with E-state index in [0.29, 0.717) is 12.1 Å². The number of rotatable bonds is 3. The van der Waals surface area contributed by atoms with Gasteiger partial charge in [-0.05, 0) is 38.0 Å². The molecule has 2 bridgehead atoms. The van der Waals surface area contributed by atoms with Crippen LogP contribution < -0.4 is 11.1 Å². The summed E-state index contributed by atoms with van der Waals surface area (Å²) in [5.41, 5.74) is 5.80. The predicted molar refractivity (Wildman–Crippen MR) is 73.3 cm³/mol. The van der Waals surface area contributed by atoms with Crippen LogP contribution in [0.2, 0.25) is 0 Å². The molecule has 3 fully saturated rings. The molecule has 2 aliphatic heterocycles. The SMILES string of the molecule is NC(CC1CCCCC1)C1(O)CC2CCC(C1)N2. The predicted octanol–water partition coefficient (Wildman–Crippen LogP) is 1.93. The molecule has 3 rings (SSSR count). The molecule has 0 radical (unpaired) electrons. The van der Waals surface area contributed by atoms with Gasteiger partial charge in [0.15, 0.2) is 0 Å². The van der Waals surface area contributed by atoms with Gasteiger partial charge in [0, 0.05) is 18.1 Å². The molecule has 18 heavy (non-hydrogen) atoms. The molecule has 3 heteroatoms. The molecule has 0 amide bonds. The molecule has 0 aromatic carbocycles. The number of hydrogen-bond acceptors (Lipinski definition) is 3. The number of fused-ring (bicyclic) bond motifs is 2. The molecule has 3 unspecified atom stereocenters. The van der Waals surface area contributed by atoms with Gasteiger partial charge in [0.2, 0.25) is 0 Å². The Kier molecular flexibility index (Phi) is 3.65. The zero-order valence-electron chi connectivity index (χ0n) is 11.4. The minimum Gasteiger partial charge on any atom is -0.388 e. The summed E-state index contributed by atoms with van der Waals surface area (Å²) in [6, 6.07) is 1.03. The van der Waals surface area contributed by atoms with Crippen LogP contribution in [0.25, 0.3) is 0 Å². The third kappa shape index (κ3) is 2.59. The molecule has 0 spiro atoms. The van der Waals surface area contributed by atoms with Crippen LogP contribution in [0.5, 0.6) is 0 Å². The smallest absolute Gasteiger partial charge is 0.0827 e. The molecule has 0 aromatic heterocycles. The van der Waals surface area contributed by atoms with E-state index in [1.54, 1.807) is 0 Å². The fraction of sp³-hybridized carbons (Fsp3) is 1.00.